The van der Waals surface area contributed by atoms with Crippen molar-refractivity contribution in [2.75, 3.05) is 39.4 Å². The van der Waals surface area contributed by atoms with E-state index < -0.39 is 15.3 Å². The molecule has 2 saturated heterocycles. The number of sulfonamides is 1. The number of amides is 1. The van der Waals surface area contributed by atoms with Gasteiger partial charge in [-0.05, 0) is 30.5 Å². The van der Waals surface area contributed by atoms with Crippen LogP contribution >= 0.6 is 0 Å². The van der Waals surface area contributed by atoms with Crippen LogP contribution < -0.4 is 0 Å². The molecule has 1 aromatic rings. The van der Waals surface area contributed by atoms with E-state index in [1.165, 1.54) is 16.4 Å². The molecule has 0 N–H and O–H groups in total. The lowest BCUT2D eigenvalue weighted by Gasteiger charge is -2.36. The average molecular weight is 370 g/mol. The van der Waals surface area contributed by atoms with E-state index in [9.17, 15) is 17.6 Å². The van der Waals surface area contributed by atoms with E-state index in [0.29, 0.717) is 51.3 Å². The molecule has 0 bridgehead atoms. The van der Waals surface area contributed by atoms with Crippen molar-refractivity contribution in [1.82, 2.24) is 9.21 Å². The van der Waals surface area contributed by atoms with Gasteiger partial charge in [-0.3, -0.25) is 4.79 Å². The van der Waals surface area contributed by atoms with Crippen LogP contribution in [-0.4, -0.2) is 68.2 Å². The molecule has 2 aliphatic rings. The monoisotopic (exact) mass is 370 g/mol. The van der Waals surface area contributed by atoms with Gasteiger partial charge in [0, 0.05) is 26.2 Å². The number of hydrogen-bond acceptors (Lipinski definition) is 4. The van der Waals surface area contributed by atoms with Crippen LogP contribution in [0.3, 0.4) is 0 Å². The summed E-state index contributed by atoms with van der Waals surface area (Å²) >= 11 is 0. The van der Waals surface area contributed by atoms with Crippen molar-refractivity contribution in [3.8, 4) is 0 Å². The van der Waals surface area contributed by atoms with E-state index in [1.807, 2.05) is 0 Å². The molecule has 8 heteroatoms. The topological polar surface area (TPSA) is 66.9 Å². The van der Waals surface area contributed by atoms with Gasteiger partial charge in [-0.2, -0.15) is 4.31 Å². The molecule has 2 fully saturated rings. The molecular formula is C17H23FN2O4S. The lowest BCUT2D eigenvalue weighted by Crippen LogP contribution is -2.52. The summed E-state index contributed by atoms with van der Waals surface area (Å²) in [5, 5.41) is -0.573. The Labute approximate surface area is 147 Å². The first kappa shape index (κ1) is 18.3. The fraction of sp³-hybridized carbons (Fsp3) is 0.588. The molecule has 1 aromatic carbocycles. The number of halogens is 1. The number of morpholine rings is 1. The highest BCUT2D eigenvalue weighted by Crippen LogP contribution is 2.22. The van der Waals surface area contributed by atoms with E-state index in [2.05, 4.69) is 0 Å². The number of carbonyl (C=O) groups excluding carboxylic acids is 1. The van der Waals surface area contributed by atoms with E-state index in [-0.39, 0.29) is 24.7 Å². The number of benzene rings is 1. The molecule has 138 valence electrons. The Hall–Kier alpha value is -1.51. The molecule has 25 heavy (non-hydrogen) atoms. The van der Waals surface area contributed by atoms with E-state index in [0.717, 1.165) is 0 Å². The van der Waals surface area contributed by atoms with Crippen LogP contribution in [-0.2, 0) is 26.0 Å². The van der Waals surface area contributed by atoms with Crippen molar-refractivity contribution >= 4 is 15.9 Å². The molecule has 6 nitrogen and oxygen atoms in total. The molecule has 0 unspecified atom stereocenters. The Balaban J connectivity index is 1.65. The van der Waals surface area contributed by atoms with Gasteiger partial charge in [0.25, 0.3) is 0 Å². The highest BCUT2D eigenvalue weighted by atomic mass is 32.2. The highest BCUT2D eigenvalue weighted by molar-refractivity contribution is 7.89. The van der Waals surface area contributed by atoms with E-state index in [1.54, 1.807) is 17.0 Å². The first-order valence-electron chi connectivity index (χ1n) is 8.56. The number of carbonyl (C=O) groups is 1. The number of piperidine rings is 1. The van der Waals surface area contributed by atoms with Gasteiger partial charge in [-0.25, -0.2) is 12.8 Å². The standard InChI is InChI=1S/C17H23FN2O4S/c18-15-4-1-3-14(11-15)12-17(21)19-6-2-5-16(13-19)25(22,23)20-7-9-24-10-8-20/h1,3-4,11,16H,2,5-10,12-13H2/t16-/m0/s1. The van der Waals surface area contributed by atoms with Crippen LogP contribution in [0.2, 0.25) is 0 Å². The van der Waals surface area contributed by atoms with Crippen molar-refractivity contribution < 1.29 is 22.3 Å². The van der Waals surface area contributed by atoms with E-state index in [4.69, 9.17) is 4.74 Å². The smallest absolute Gasteiger partial charge is 0.227 e. The molecule has 0 spiro atoms. The first-order valence-corrected chi connectivity index (χ1v) is 10.1. The predicted octanol–water partition coefficient (Wildman–Crippen LogP) is 1.02. The summed E-state index contributed by atoms with van der Waals surface area (Å²) in [6.45, 7) is 2.31. The lowest BCUT2D eigenvalue weighted by molar-refractivity contribution is -0.131. The largest absolute Gasteiger partial charge is 0.379 e. The SMILES string of the molecule is O=C(Cc1cccc(F)c1)N1CCC[C@H](S(=O)(=O)N2CCOCC2)C1. The van der Waals surface area contributed by atoms with Crippen molar-refractivity contribution in [2.24, 2.45) is 0 Å². The number of hydrogen-bond donors (Lipinski definition) is 0. The molecule has 0 aliphatic carbocycles. The highest BCUT2D eigenvalue weighted by Gasteiger charge is 2.37. The summed E-state index contributed by atoms with van der Waals surface area (Å²) in [6, 6.07) is 5.94. The third kappa shape index (κ3) is 4.37. The zero-order valence-electron chi connectivity index (χ0n) is 14.1. The number of ether oxygens (including phenoxy) is 1. The van der Waals surface area contributed by atoms with Crippen LogP contribution in [0.5, 0.6) is 0 Å². The fourth-order valence-corrected chi connectivity index (χ4v) is 5.27. The Morgan fingerprint density at radius 1 is 1.24 bits per heavy atom. The number of rotatable bonds is 4. The molecule has 0 aromatic heterocycles. The molecule has 2 aliphatic heterocycles. The summed E-state index contributed by atoms with van der Waals surface area (Å²) in [5.74, 6) is -0.538. The van der Waals surface area contributed by atoms with Crippen LogP contribution in [0.25, 0.3) is 0 Å². The van der Waals surface area contributed by atoms with Gasteiger partial charge in [-0.15, -0.1) is 0 Å². The maximum absolute atomic E-state index is 13.3. The molecule has 1 amide bonds. The van der Waals surface area contributed by atoms with Crippen molar-refractivity contribution in [1.29, 1.82) is 0 Å². The summed E-state index contributed by atoms with van der Waals surface area (Å²) in [6.07, 6.45) is 1.30. The van der Waals surface area contributed by atoms with Crippen molar-refractivity contribution in [3.05, 3.63) is 35.6 Å². The maximum atomic E-state index is 13.3. The molecule has 0 saturated carbocycles. The molecular weight excluding hydrogens is 347 g/mol. The maximum Gasteiger partial charge on any atom is 0.227 e. The van der Waals surface area contributed by atoms with E-state index >= 15 is 0 Å². The van der Waals surface area contributed by atoms with Gasteiger partial charge in [0.2, 0.25) is 15.9 Å². The minimum Gasteiger partial charge on any atom is -0.379 e. The fourth-order valence-electron chi connectivity index (χ4n) is 3.35. The van der Waals surface area contributed by atoms with Gasteiger partial charge < -0.3 is 9.64 Å². The minimum absolute atomic E-state index is 0.0854. The Bertz CT molecular complexity index is 719. The van der Waals surface area contributed by atoms with Gasteiger partial charge in [0.15, 0.2) is 0 Å². The summed E-state index contributed by atoms with van der Waals surface area (Å²) in [4.78, 5) is 14.1. The quantitative estimate of drug-likeness (QED) is 0.794. The zero-order valence-corrected chi connectivity index (χ0v) is 14.9. The predicted molar refractivity (Wildman–Crippen MR) is 91.0 cm³/mol. The first-order chi connectivity index (χ1) is 12.0. The normalized spacial score (nSPS) is 22.8. The minimum atomic E-state index is -3.43. The van der Waals surface area contributed by atoms with Crippen LogP contribution in [0.1, 0.15) is 18.4 Å². The van der Waals surface area contributed by atoms with Crippen LogP contribution in [0.4, 0.5) is 4.39 Å². The molecule has 0 radical (unpaired) electrons. The van der Waals surface area contributed by atoms with Crippen LogP contribution in [0, 0.1) is 5.82 Å². The second kappa shape index (κ2) is 7.80. The summed E-state index contributed by atoms with van der Waals surface area (Å²) < 4.78 is 45.5. The average Bonchev–Trinajstić information content (AvgIpc) is 2.62. The number of nitrogens with zero attached hydrogens (tertiary/aromatic N) is 2. The van der Waals surface area contributed by atoms with Gasteiger partial charge >= 0.3 is 0 Å². The Morgan fingerprint density at radius 2 is 2.00 bits per heavy atom. The number of likely N-dealkylation sites (tertiary alicyclic amines) is 1. The van der Waals surface area contributed by atoms with Crippen molar-refractivity contribution in [3.63, 3.8) is 0 Å². The molecule has 3 rings (SSSR count). The lowest BCUT2D eigenvalue weighted by atomic mass is 10.1. The summed E-state index contributed by atoms with van der Waals surface area (Å²) in [5.41, 5.74) is 0.600. The van der Waals surface area contributed by atoms with Gasteiger partial charge in [0.05, 0.1) is 24.9 Å². The molecule has 2 heterocycles. The summed E-state index contributed by atoms with van der Waals surface area (Å²) in [7, 11) is -3.43. The Morgan fingerprint density at radius 3 is 2.72 bits per heavy atom. The van der Waals surface area contributed by atoms with Gasteiger partial charge in [0.1, 0.15) is 5.82 Å². The second-order valence-electron chi connectivity index (χ2n) is 6.47. The molecule has 1 atom stereocenters. The Kier molecular flexibility index (Phi) is 5.71. The van der Waals surface area contributed by atoms with Gasteiger partial charge in [-0.1, -0.05) is 12.1 Å². The van der Waals surface area contributed by atoms with Crippen molar-refractivity contribution in [2.45, 2.75) is 24.5 Å². The second-order valence-corrected chi connectivity index (χ2v) is 8.68. The zero-order chi connectivity index (χ0) is 17.9. The third-order valence-corrected chi connectivity index (χ3v) is 7.04. The third-order valence-electron chi connectivity index (χ3n) is 4.73. The van der Waals surface area contributed by atoms with Crippen LogP contribution in [0.15, 0.2) is 24.3 Å².